The van der Waals surface area contributed by atoms with Crippen LogP contribution in [-0.2, 0) is 14.8 Å². The summed E-state index contributed by atoms with van der Waals surface area (Å²) in [6.07, 6.45) is 0. The van der Waals surface area contributed by atoms with Gasteiger partial charge in [-0.2, -0.15) is 0 Å². The lowest BCUT2D eigenvalue weighted by Crippen LogP contribution is -2.33. The Morgan fingerprint density at radius 2 is 1.81 bits per heavy atom. The van der Waals surface area contributed by atoms with Gasteiger partial charge < -0.3 is 11.1 Å². The Bertz CT molecular complexity index is 568. The molecule has 0 aliphatic heterocycles. The van der Waals surface area contributed by atoms with Gasteiger partial charge in [-0.05, 0) is 30.2 Å². The van der Waals surface area contributed by atoms with E-state index in [-0.39, 0.29) is 29.2 Å². The molecule has 6 nitrogen and oxygen atoms in total. The number of sulfonamides is 1. The van der Waals surface area contributed by atoms with Crippen LogP contribution in [0, 0.1) is 11.8 Å². The highest BCUT2D eigenvalue weighted by molar-refractivity contribution is 7.89. The van der Waals surface area contributed by atoms with Crippen molar-refractivity contribution in [2.75, 3.05) is 18.4 Å². The molecule has 1 rings (SSSR count). The van der Waals surface area contributed by atoms with Gasteiger partial charge in [-0.25, -0.2) is 13.1 Å². The predicted molar refractivity (Wildman–Crippen MR) is 83.3 cm³/mol. The number of amides is 1. The number of benzene rings is 1. The molecule has 0 saturated heterocycles. The van der Waals surface area contributed by atoms with Crippen molar-refractivity contribution in [3.8, 4) is 0 Å². The predicted octanol–water partition coefficient (Wildman–Crippen LogP) is 1.15. The molecule has 1 amide bonds. The second kappa shape index (κ2) is 7.53. The smallest absolute Gasteiger partial charge is 0.240 e. The van der Waals surface area contributed by atoms with E-state index >= 15 is 0 Å². The summed E-state index contributed by atoms with van der Waals surface area (Å²) < 4.78 is 26.0. The molecule has 118 valence electrons. The number of rotatable bonds is 7. The molecule has 0 saturated carbocycles. The number of nitrogens with two attached hydrogens (primary N) is 1. The first kappa shape index (κ1) is 17.6. The number of carbonyl (C=O) groups excluding carboxylic acids is 1. The fourth-order valence-corrected chi connectivity index (χ4v) is 2.95. The minimum atomic E-state index is -3.47. The van der Waals surface area contributed by atoms with Gasteiger partial charge in [-0.15, -0.1) is 0 Å². The topological polar surface area (TPSA) is 101 Å². The summed E-state index contributed by atoms with van der Waals surface area (Å²) in [6, 6.07) is 6.05. The molecule has 0 aliphatic carbocycles. The molecule has 7 heteroatoms. The molecule has 0 heterocycles. The SMILES string of the molecule is CCNS(=O)(=O)c1ccc(NC(=O)C(CN)C(C)C)cc1. The molecule has 1 aromatic rings. The highest BCUT2D eigenvalue weighted by atomic mass is 32.2. The van der Waals surface area contributed by atoms with Gasteiger partial charge >= 0.3 is 0 Å². The van der Waals surface area contributed by atoms with Crippen LogP contribution < -0.4 is 15.8 Å². The highest BCUT2D eigenvalue weighted by Crippen LogP contribution is 2.16. The number of hydrogen-bond donors (Lipinski definition) is 3. The standard InChI is InChI=1S/C14H23N3O3S/c1-4-16-21(19,20)12-7-5-11(6-8-12)17-14(18)13(9-15)10(2)3/h5-8,10,13,16H,4,9,15H2,1-3H3,(H,17,18). The molecular formula is C14H23N3O3S. The average molecular weight is 313 g/mol. The van der Waals surface area contributed by atoms with Gasteiger partial charge in [0.25, 0.3) is 0 Å². The van der Waals surface area contributed by atoms with E-state index in [4.69, 9.17) is 5.73 Å². The second-order valence-corrected chi connectivity index (χ2v) is 6.87. The zero-order valence-electron chi connectivity index (χ0n) is 12.6. The zero-order valence-corrected chi connectivity index (χ0v) is 13.4. The van der Waals surface area contributed by atoms with E-state index in [1.165, 1.54) is 12.1 Å². The van der Waals surface area contributed by atoms with Crippen LogP contribution in [0.4, 0.5) is 5.69 Å². The zero-order chi connectivity index (χ0) is 16.0. The summed E-state index contributed by atoms with van der Waals surface area (Å²) in [4.78, 5) is 12.2. The first-order valence-corrected chi connectivity index (χ1v) is 8.40. The van der Waals surface area contributed by atoms with Crippen molar-refractivity contribution in [2.24, 2.45) is 17.6 Å². The maximum Gasteiger partial charge on any atom is 0.240 e. The summed E-state index contributed by atoms with van der Waals surface area (Å²) in [6.45, 7) is 6.18. The van der Waals surface area contributed by atoms with Crippen LogP contribution in [0.25, 0.3) is 0 Å². The van der Waals surface area contributed by atoms with Crippen LogP contribution in [-0.4, -0.2) is 27.4 Å². The van der Waals surface area contributed by atoms with E-state index in [2.05, 4.69) is 10.0 Å². The Hall–Kier alpha value is -1.44. The van der Waals surface area contributed by atoms with Crippen molar-refractivity contribution < 1.29 is 13.2 Å². The first-order chi connectivity index (χ1) is 9.81. The molecule has 0 aliphatic rings. The lowest BCUT2D eigenvalue weighted by molar-refractivity contribution is -0.120. The van der Waals surface area contributed by atoms with Crippen LogP contribution in [0.5, 0.6) is 0 Å². The quantitative estimate of drug-likeness (QED) is 0.703. The maximum atomic E-state index is 12.0. The van der Waals surface area contributed by atoms with Gasteiger partial charge in [0.05, 0.1) is 10.8 Å². The number of carbonyl (C=O) groups is 1. The summed E-state index contributed by atoms with van der Waals surface area (Å²) in [5.41, 5.74) is 6.14. The Morgan fingerprint density at radius 3 is 2.24 bits per heavy atom. The monoisotopic (exact) mass is 313 g/mol. The van der Waals surface area contributed by atoms with E-state index in [1.807, 2.05) is 13.8 Å². The number of nitrogens with one attached hydrogen (secondary N) is 2. The first-order valence-electron chi connectivity index (χ1n) is 6.92. The van der Waals surface area contributed by atoms with Crippen molar-refractivity contribution in [2.45, 2.75) is 25.7 Å². The lowest BCUT2D eigenvalue weighted by Gasteiger charge is -2.18. The van der Waals surface area contributed by atoms with E-state index < -0.39 is 10.0 Å². The Labute approximate surface area is 126 Å². The molecule has 21 heavy (non-hydrogen) atoms. The molecule has 1 atom stereocenters. The fourth-order valence-electron chi connectivity index (χ4n) is 1.91. The van der Waals surface area contributed by atoms with E-state index in [0.717, 1.165) is 0 Å². The summed E-state index contributed by atoms with van der Waals surface area (Å²) in [5, 5.41) is 2.75. The van der Waals surface area contributed by atoms with E-state index in [1.54, 1.807) is 19.1 Å². The molecule has 0 spiro atoms. The molecule has 4 N–H and O–H groups in total. The van der Waals surface area contributed by atoms with Crippen molar-refractivity contribution in [1.82, 2.24) is 4.72 Å². The Kier molecular flexibility index (Phi) is 6.32. The average Bonchev–Trinajstić information content (AvgIpc) is 2.39. The van der Waals surface area contributed by atoms with Gasteiger partial charge in [0, 0.05) is 18.8 Å². The second-order valence-electron chi connectivity index (χ2n) is 5.10. The van der Waals surface area contributed by atoms with Gasteiger partial charge in [0.15, 0.2) is 0 Å². The minimum Gasteiger partial charge on any atom is -0.330 e. The van der Waals surface area contributed by atoms with Crippen LogP contribution in [0.2, 0.25) is 0 Å². The fraction of sp³-hybridized carbons (Fsp3) is 0.500. The summed E-state index contributed by atoms with van der Waals surface area (Å²) in [7, 11) is -3.47. The summed E-state index contributed by atoms with van der Waals surface area (Å²) >= 11 is 0. The molecule has 1 aromatic carbocycles. The van der Waals surface area contributed by atoms with Gasteiger partial charge in [0.2, 0.25) is 15.9 Å². The van der Waals surface area contributed by atoms with Gasteiger partial charge in [-0.3, -0.25) is 4.79 Å². The van der Waals surface area contributed by atoms with Crippen LogP contribution in [0.3, 0.4) is 0 Å². The normalized spacial score (nSPS) is 13.2. The van der Waals surface area contributed by atoms with Crippen LogP contribution >= 0.6 is 0 Å². The highest BCUT2D eigenvalue weighted by Gasteiger charge is 2.20. The largest absolute Gasteiger partial charge is 0.330 e. The van der Waals surface area contributed by atoms with Crippen LogP contribution in [0.15, 0.2) is 29.2 Å². The van der Waals surface area contributed by atoms with Crippen molar-refractivity contribution >= 4 is 21.6 Å². The lowest BCUT2D eigenvalue weighted by atomic mass is 9.95. The van der Waals surface area contributed by atoms with E-state index in [0.29, 0.717) is 12.2 Å². The third-order valence-electron chi connectivity index (χ3n) is 3.16. The van der Waals surface area contributed by atoms with Crippen molar-refractivity contribution in [1.29, 1.82) is 0 Å². The maximum absolute atomic E-state index is 12.0. The van der Waals surface area contributed by atoms with E-state index in [9.17, 15) is 13.2 Å². The third-order valence-corrected chi connectivity index (χ3v) is 4.72. The molecule has 1 unspecified atom stereocenters. The molecule has 0 radical (unpaired) electrons. The van der Waals surface area contributed by atoms with Crippen LogP contribution in [0.1, 0.15) is 20.8 Å². The van der Waals surface area contributed by atoms with Gasteiger partial charge in [0.1, 0.15) is 0 Å². The molecule has 0 bridgehead atoms. The number of anilines is 1. The molecule has 0 aromatic heterocycles. The van der Waals surface area contributed by atoms with Crippen molar-refractivity contribution in [3.63, 3.8) is 0 Å². The third kappa shape index (κ3) is 4.80. The minimum absolute atomic E-state index is 0.142. The summed E-state index contributed by atoms with van der Waals surface area (Å²) in [5.74, 6) is -0.284. The Balaban J connectivity index is 2.82. The molecular weight excluding hydrogens is 290 g/mol. The Morgan fingerprint density at radius 1 is 1.24 bits per heavy atom. The molecule has 0 fully saturated rings. The van der Waals surface area contributed by atoms with Crippen molar-refractivity contribution in [3.05, 3.63) is 24.3 Å². The van der Waals surface area contributed by atoms with Gasteiger partial charge in [-0.1, -0.05) is 20.8 Å². The number of hydrogen-bond acceptors (Lipinski definition) is 4.